The fourth-order valence-corrected chi connectivity index (χ4v) is 7.12. The molecule has 1 amide bonds. The van der Waals surface area contributed by atoms with Gasteiger partial charge in [0.05, 0.1) is 31.1 Å². The molecule has 1 aromatic rings. The number of hydrogen-bond acceptors (Lipinski definition) is 5. The van der Waals surface area contributed by atoms with Crippen LogP contribution in [0, 0.1) is 0 Å². The normalized spacial score (nSPS) is 25.8. The lowest BCUT2D eigenvalue weighted by Gasteiger charge is -2.22. The lowest BCUT2D eigenvalue weighted by molar-refractivity contribution is -0.117. The highest BCUT2D eigenvalue weighted by atomic mass is 32.2. The van der Waals surface area contributed by atoms with Gasteiger partial charge in [0, 0.05) is 17.4 Å². The lowest BCUT2D eigenvalue weighted by atomic mass is 10.1. The number of methoxy groups -OCH3 is 1. The highest BCUT2D eigenvalue weighted by Gasteiger charge is 2.48. The van der Waals surface area contributed by atoms with Gasteiger partial charge < -0.3 is 9.64 Å². The fourth-order valence-electron chi connectivity index (χ4n) is 3.15. The van der Waals surface area contributed by atoms with Crippen LogP contribution >= 0.6 is 11.8 Å². The van der Waals surface area contributed by atoms with Gasteiger partial charge in [-0.05, 0) is 6.07 Å². The van der Waals surface area contributed by atoms with E-state index < -0.39 is 9.84 Å². The molecule has 0 saturated carbocycles. The van der Waals surface area contributed by atoms with Crippen molar-refractivity contribution in [2.24, 2.45) is 4.99 Å². The molecule has 2 aliphatic rings. The van der Waals surface area contributed by atoms with E-state index in [-0.39, 0.29) is 35.1 Å². The molecule has 0 N–H and O–H groups in total. The molecule has 2 fully saturated rings. The van der Waals surface area contributed by atoms with Gasteiger partial charge in [-0.2, -0.15) is 4.99 Å². The van der Waals surface area contributed by atoms with Crippen LogP contribution in [0.4, 0.5) is 0 Å². The van der Waals surface area contributed by atoms with Gasteiger partial charge >= 0.3 is 0 Å². The third kappa shape index (κ3) is 3.90. The van der Waals surface area contributed by atoms with Gasteiger partial charge in [0.15, 0.2) is 15.0 Å². The Morgan fingerprint density at radius 3 is 2.92 bits per heavy atom. The molecule has 2 aliphatic heterocycles. The maximum Gasteiger partial charge on any atom is 0.252 e. The van der Waals surface area contributed by atoms with Crippen LogP contribution in [0.5, 0.6) is 5.75 Å². The summed E-state index contributed by atoms with van der Waals surface area (Å²) in [6, 6.07) is 7.20. The fraction of sp³-hybridized carbons (Fsp3) is 0.412. The van der Waals surface area contributed by atoms with E-state index in [0.29, 0.717) is 17.5 Å². The second-order valence-corrected chi connectivity index (χ2v) is 9.38. The third-order valence-electron chi connectivity index (χ3n) is 4.26. The molecule has 2 atom stereocenters. The number of amides is 1. The molecule has 0 aliphatic carbocycles. The number of ether oxygens (including phenoxy) is 1. The molecule has 8 heteroatoms. The number of carbonyl (C=O) groups excluding carboxylic acids is 1. The number of aliphatic imine (C=N–C) groups is 1. The van der Waals surface area contributed by atoms with Crippen molar-refractivity contribution in [2.75, 3.05) is 25.2 Å². The van der Waals surface area contributed by atoms with Gasteiger partial charge in [0.1, 0.15) is 5.75 Å². The van der Waals surface area contributed by atoms with Crippen LogP contribution in [-0.4, -0.2) is 60.8 Å². The molecule has 25 heavy (non-hydrogen) atoms. The van der Waals surface area contributed by atoms with Crippen LogP contribution in [0.15, 0.2) is 41.9 Å². The molecular weight excluding hydrogens is 360 g/mol. The molecular formula is C17H20N2O4S2. The summed E-state index contributed by atoms with van der Waals surface area (Å²) in [7, 11) is -1.45. The van der Waals surface area contributed by atoms with E-state index in [1.165, 1.54) is 11.8 Å². The van der Waals surface area contributed by atoms with Crippen LogP contribution < -0.4 is 4.74 Å². The van der Waals surface area contributed by atoms with Crippen molar-refractivity contribution >= 4 is 32.7 Å². The largest absolute Gasteiger partial charge is 0.496 e. The predicted octanol–water partition coefficient (Wildman–Crippen LogP) is 1.52. The average Bonchev–Trinajstić information content (AvgIpc) is 3.01. The van der Waals surface area contributed by atoms with Gasteiger partial charge in [-0.15, -0.1) is 6.58 Å². The molecule has 134 valence electrons. The minimum Gasteiger partial charge on any atom is -0.496 e. The maximum atomic E-state index is 12.4. The van der Waals surface area contributed by atoms with E-state index in [4.69, 9.17) is 4.74 Å². The summed E-state index contributed by atoms with van der Waals surface area (Å²) in [5, 5.41) is 0.521. The van der Waals surface area contributed by atoms with E-state index in [9.17, 15) is 13.2 Å². The van der Waals surface area contributed by atoms with E-state index in [1.54, 1.807) is 19.3 Å². The predicted molar refractivity (Wildman–Crippen MR) is 99.9 cm³/mol. The summed E-state index contributed by atoms with van der Waals surface area (Å²) >= 11 is 1.38. The van der Waals surface area contributed by atoms with E-state index in [2.05, 4.69) is 11.6 Å². The first-order valence-electron chi connectivity index (χ1n) is 7.91. The van der Waals surface area contributed by atoms with Crippen molar-refractivity contribution in [1.29, 1.82) is 0 Å². The van der Waals surface area contributed by atoms with Gasteiger partial charge in [-0.3, -0.25) is 4.79 Å². The molecule has 0 aromatic heterocycles. The molecule has 0 bridgehead atoms. The summed E-state index contributed by atoms with van der Waals surface area (Å²) in [6.45, 7) is 4.20. The smallest absolute Gasteiger partial charge is 0.252 e. The summed E-state index contributed by atoms with van der Waals surface area (Å²) in [6.07, 6.45) is 1.84. The lowest BCUT2D eigenvalue weighted by Crippen LogP contribution is -2.37. The average molecular weight is 380 g/mol. The van der Waals surface area contributed by atoms with Crippen molar-refractivity contribution in [3.05, 3.63) is 42.5 Å². The number of amidine groups is 1. The monoisotopic (exact) mass is 380 g/mol. The number of sulfone groups is 1. The first-order chi connectivity index (χ1) is 11.9. The molecule has 0 spiro atoms. The van der Waals surface area contributed by atoms with E-state index in [1.807, 2.05) is 23.1 Å². The highest BCUT2D eigenvalue weighted by Crippen LogP contribution is 2.38. The van der Waals surface area contributed by atoms with Crippen LogP contribution in [0.3, 0.4) is 0 Å². The summed E-state index contributed by atoms with van der Waals surface area (Å²) in [5.41, 5.74) is 0.778. The summed E-state index contributed by atoms with van der Waals surface area (Å²) in [4.78, 5) is 18.5. The third-order valence-corrected chi connectivity index (χ3v) is 7.50. The molecule has 1 aromatic carbocycles. The number of nitrogens with zero attached hydrogens (tertiary/aromatic N) is 2. The molecule has 2 saturated heterocycles. The number of rotatable bonds is 5. The SMILES string of the molecule is C=CCN1C(=NC(=O)Cc2ccccc2OC)S[C@@H]2CS(=O)(=O)C[C@@H]21. The number of para-hydroxylation sites is 1. The molecule has 0 radical (unpaired) electrons. The van der Waals surface area contributed by atoms with Crippen LogP contribution in [-0.2, 0) is 21.1 Å². The second-order valence-electron chi connectivity index (χ2n) is 6.02. The number of thioether (sulfide) groups is 1. The Kier molecular flexibility index (Phi) is 5.19. The Labute approximate surface area is 151 Å². The van der Waals surface area contributed by atoms with E-state index >= 15 is 0 Å². The summed E-state index contributed by atoms with van der Waals surface area (Å²) < 4.78 is 29.0. The quantitative estimate of drug-likeness (QED) is 0.721. The standard InChI is InChI=1S/C17H20N2O4S2/c1-3-8-19-13-10-25(21,22)11-15(13)24-17(19)18-16(20)9-12-6-4-5-7-14(12)23-2/h3-7,13,15H,1,8-11H2,2H3/t13-,15+/m0/s1. The minimum absolute atomic E-state index is 0.0669. The van der Waals surface area contributed by atoms with Crippen LogP contribution in [0.2, 0.25) is 0 Å². The van der Waals surface area contributed by atoms with Crippen molar-refractivity contribution in [1.82, 2.24) is 4.90 Å². The maximum absolute atomic E-state index is 12.4. The van der Waals surface area contributed by atoms with Crippen LogP contribution in [0.1, 0.15) is 5.56 Å². The molecule has 3 rings (SSSR count). The number of hydrogen-bond donors (Lipinski definition) is 0. The van der Waals surface area contributed by atoms with Gasteiger partial charge in [0.2, 0.25) is 0 Å². The number of carbonyl (C=O) groups is 1. The number of benzene rings is 1. The minimum atomic E-state index is -3.02. The Hall–Kier alpha value is -1.80. The van der Waals surface area contributed by atoms with Crippen molar-refractivity contribution in [3.63, 3.8) is 0 Å². The van der Waals surface area contributed by atoms with Gasteiger partial charge in [-0.1, -0.05) is 36.0 Å². The van der Waals surface area contributed by atoms with Crippen molar-refractivity contribution in [3.8, 4) is 5.75 Å². The van der Waals surface area contributed by atoms with Gasteiger partial charge in [-0.25, -0.2) is 8.42 Å². The zero-order valence-corrected chi connectivity index (χ0v) is 15.6. The second kappa shape index (κ2) is 7.21. The topological polar surface area (TPSA) is 76.0 Å². The zero-order valence-electron chi connectivity index (χ0n) is 13.9. The highest BCUT2D eigenvalue weighted by molar-refractivity contribution is 8.15. The first kappa shape index (κ1) is 18.0. The van der Waals surface area contributed by atoms with Crippen LogP contribution in [0.25, 0.3) is 0 Å². The van der Waals surface area contributed by atoms with Crippen molar-refractivity contribution < 1.29 is 17.9 Å². The molecule has 0 unspecified atom stereocenters. The van der Waals surface area contributed by atoms with Gasteiger partial charge in [0.25, 0.3) is 5.91 Å². The molecule has 6 nitrogen and oxygen atoms in total. The first-order valence-corrected chi connectivity index (χ1v) is 10.6. The Balaban J connectivity index is 1.78. The Morgan fingerprint density at radius 2 is 2.20 bits per heavy atom. The zero-order chi connectivity index (χ0) is 18.0. The summed E-state index contributed by atoms with van der Waals surface area (Å²) in [5.74, 6) is 0.624. The Morgan fingerprint density at radius 1 is 1.44 bits per heavy atom. The Bertz CT molecular complexity index is 820. The molecule has 2 heterocycles. The van der Waals surface area contributed by atoms with Crippen molar-refractivity contribution in [2.45, 2.75) is 17.7 Å². The number of fused-ring (bicyclic) bond motifs is 1. The van der Waals surface area contributed by atoms with E-state index in [0.717, 1.165) is 5.56 Å².